The second kappa shape index (κ2) is 21.0. The quantitative estimate of drug-likeness (QED) is 0.148. The first kappa shape index (κ1) is 55.2. The van der Waals surface area contributed by atoms with E-state index in [-0.39, 0.29) is 51.6 Å². The van der Waals surface area contributed by atoms with Crippen LogP contribution in [0.15, 0.2) is 54.6 Å². The van der Waals surface area contributed by atoms with Gasteiger partial charge in [0.2, 0.25) is 10.0 Å². The van der Waals surface area contributed by atoms with Crippen LogP contribution in [0.4, 0.5) is 39.5 Å². The van der Waals surface area contributed by atoms with Crippen molar-refractivity contribution in [2.45, 2.75) is 88.3 Å². The van der Waals surface area contributed by atoms with Crippen molar-refractivity contribution >= 4 is 61.8 Å². The second-order valence-electron chi connectivity index (χ2n) is 19.7. The summed E-state index contributed by atoms with van der Waals surface area (Å²) in [6.07, 6.45) is -3.25. The fraction of sp³-hybridized carbons (Fsp3) is 0.500. The summed E-state index contributed by atoms with van der Waals surface area (Å²) in [6, 6.07) is 12.4. The summed E-state index contributed by atoms with van der Waals surface area (Å²) in [5.41, 5.74) is 0.979. The standard InChI is InChI=1S/C20H22F3N3OS.C14H15F3N4OS.C14H14F3N3O3S2/c1-26-17(20(21,22)23)7-14(25-26)15-2-3-16(28-15)18(27)24-19-8-11-4-12(9-19)6-13(5-11)10-19;1-20-12(14(15,16)17)8-9(19-20)10-4-5-11(23-10)13(22)21-7-3-2-6-18-21;1-19-12(14(15,16)17)8-9(18-19)10-4-5-11(24-10)13(21)20-6-2-3-7-25(20,22)23/h2-3,7,11-13H,4-6,8-10H2,1H3,(H,24,27);4-5,8,18H,2-3,6-7H2,1H3;4-5,8H,2-3,6-7H2,1H3. The van der Waals surface area contributed by atoms with E-state index in [0.29, 0.717) is 43.8 Å². The summed E-state index contributed by atoms with van der Waals surface area (Å²) in [5, 5.41) is 16.6. The Balaban J connectivity index is 0.000000140. The molecule has 4 bridgehead atoms. The highest BCUT2D eigenvalue weighted by molar-refractivity contribution is 7.89. The number of hydrogen-bond donors (Lipinski definition) is 2. The monoisotopic (exact) mass is 1150 g/mol. The summed E-state index contributed by atoms with van der Waals surface area (Å²) in [5.74, 6) is 1.21. The van der Waals surface area contributed by atoms with Crippen LogP contribution in [0.1, 0.15) is 110 Å². The normalized spacial score (nSPS) is 22.2. The molecule has 6 aromatic rings. The van der Waals surface area contributed by atoms with Gasteiger partial charge in [0, 0.05) is 46.3 Å². The molecule has 0 radical (unpaired) electrons. The van der Waals surface area contributed by atoms with Crippen LogP contribution in [-0.2, 0) is 49.7 Å². The van der Waals surface area contributed by atoms with Gasteiger partial charge >= 0.3 is 18.5 Å². The van der Waals surface area contributed by atoms with E-state index < -0.39 is 51.5 Å². The van der Waals surface area contributed by atoms with Crippen molar-refractivity contribution in [3.8, 4) is 31.7 Å². The molecular formula is C48H51F9N10O5S4. The molecule has 4 aliphatic carbocycles. The van der Waals surface area contributed by atoms with Crippen molar-refractivity contribution in [1.29, 1.82) is 0 Å². The molecular weight excluding hydrogens is 1100 g/mol. The Bertz CT molecular complexity index is 3200. The lowest BCUT2D eigenvalue weighted by molar-refractivity contribution is -0.144. The van der Waals surface area contributed by atoms with Gasteiger partial charge in [0.15, 0.2) is 0 Å². The van der Waals surface area contributed by atoms with Crippen molar-refractivity contribution < 1.29 is 62.3 Å². The zero-order chi connectivity index (χ0) is 54.7. The highest BCUT2D eigenvalue weighted by atomic mass is 32.2. The van der Waals surface area contributed by atoms with Crippen LogP contribution < -0.4 is 10.7 Å². The molecule has 2 aliphatic heterocycles. The Morgan fingerprint density at radius 3 is 1.39 bits per heavy atom. The summed E-state index contributed by atoms with van der Waals surface area (Å²) in [6.45, 7) is 1.50. The Morgan fingerprint density at radius 1 is 0.592 bits per heavy atom. The largest absolute Gasteiger partial charge is 0.433 e. The summed E-state index contributed by atoms with van der Waals surface area (Å²) in [4.78, 5) is 40.3. The van der Waals surface area contributed by atoms with Gasteiger partial charge < -0.3 is 5.32 Å². The van der Waals surface area contributed by atoms with Crippen molar-refractivity contribution in [2.24, 2.45) is 38.9 Å². The second-order valence-corrected chi connectivity index (χ2v) is 25.0. The summed E-state index contributed by atoms with van der Waals surface area (Å²) in [7, 11) is 0.0925. The highest BCUT2D eigenvalue weighted by Crippen LogP contribution is 2.56. The fourth-order valence-corrected chi connectivity index (χ4v) is 15.3. The zero-order valence-electron chi connectivity index (χ0n) is 41.0. The minimum atomic E-state index is -4.53. The van der Waals surface area contributed by atoms with Gasteiger partial charge in [-0.05, 0) is 137 Å². The lowest BCUT2D eigenvalue weighted by atomic mass is 9.53. The summed E-state index contributed by atoms with van der Waals surface area (Å²) >= 11 is 3.27. The third-order valence-corrected chi connectivity index (χ3v) is 19.2. The lowest BCUT2D eigenvalue weighted by Gasteiger charge is -2.56. The van der Waals surface area contributed by atoms with Crippen LogP contribution in [0.5, 0.6) is 0 Å². The van der Waals surface area contributed by atoms with Crippen molar-refractivity contribution in [3.63, 3.8) is 0 Å². The molecule has 15 nitrogen and oxygen atoms in total. The molecule has 8 heterocycles. The number of aryl methyl sites for hydroxylation is 3. The van der Waals surface area contributed by atoms with E-state index >= 15 is 0 Å². The topological polar surface area (TPSA) is 169 Å². The smallest absolute Gasteiger partial charge is 0.346 e. The van der Waals surface area contributed by atoms with E-state index in [1.165, 1.54) is 63.9 Å². The first-order chi connectivity index (χ1) is 35.7. The molecule has 12 rings (SSSR count). The number of halogens is 9. The maximum absolute atomic E-state index is 13.0. The average Bonchev–Trinajstić information content (AvgIpc) is 4.21. The Labute approximate surface area is 442 Å². The van der Waals surface area contributed by atoms with E-state index in [9.17, 15) is 62.3 Å². The van der Waals surface area contributed by atoms with E-state index in [2.05, 4.69) is 26.0 Å². The molecule has 6 aromatic heterocycles. The van der Waals surface area contributed by atoms with Crippen LogP contribution in [0.3, 0.4) is 0 Å². The Hall–Kier alpha value is -5.58. The minimum absolute atomic E-state index is 0.0772. The third-order valence-electron chi connectivity index (χ3n) is 14.1. The molecule has 410 valence electrons. The minimum Gasteiger partial charge on any atom is -0.346 e. The SMILES string of the molecule is Cn1nc(-c2ccc(C(=O)N3CCCCN3)s2)cc1C(F)(F)F.Cn1nc(-c2ccc(C(=O)N3CCCCS3(=O)=O)s2)cc1C(F)(F)F.Cn1nc(-c2ccc(C(=O)NC34CC5CC(CC(C5)C3)C4)s2)cc1C(F)(F)F. The lowest BCUT2D eigenvalue weighted by Crippen LogP contribution is -2.59. The van der Waals surface area contributed by atoms with E-state index in [4.69, 9.17) is 0 Å². The van der Waals surface area contributed by atoms with Crippen molar-refractivity contribution in [1.82, 2.24) is 49.4 Å². The molecule has 2 N–H and O–H groups in total. The van der Waals surface area contributed by atoms with E-state index in [1.54, 1.807) is 29.3 Å². The molecule has 0 unspecified atom stereocenters. The van der Waals surface area contributed by atoms with Crippen molar-refractivity contribution in [2.75, 3.05) is 25.4 Å². The van der Waals surface area contributed by atoms with Gasteiger partial charge in [-0.25, -0.2) is 18.1 Å². The first-order valence-electron chi connectivity index (χ1n) is 24.2. The number of alkyl halides is 9. The number of thiophene rings is 3. The molecule has 0 spiro atoms. The molecule has 0 aromatic carbocycles. The Morgan fingerprint density at radius 2 is 1.00 bits per heavy atom. The predicted octanol–water partition coefficient (Wildman–Crippen LogP) is 10.5. The predicted molar refractivity (Wildman–Crippen MR) is 265 cm³/mol. The van der Waals surface area contributed by atoms with Crippen LogP contribution in [0.2, 0.25) is 0 Å². The molecule has 3 amide bonds. The average molecular weight is 1150 g/mol. The van der Waals surface area contributed by atoms with E-state index in [0.717, 1.165) is 116 Å². The van der Waals surface area contributed by atoms with Gasteiger partial charge in [-0.3, -0.25) is 33.4 Å². The maximum Gasteiger partial charge on any atom is 0.433 e. The maximum atomic E-state index is 13.0. The number of nitrogens with zero attached hydrogens (tertiary/aromatic N) is 8. The van der Waals surface area contributed by atoms with Gasteiger partial charge in [0.05, 0.1) is 35.0 Å². The molecule has 6 aliphatic rings. The molecule has 0 atom stereocenters. The Kier molecular flexibility index (Phi) is 15.2. The van der Waals surface area contributed by atoms with Gasteiger partial charge in [0.25, 0.3) is 17.7 Å². The highest BCUT2D eigenvalue weighted by Gasteiger charge is 2.52. The number of carbonyl (C=O) groups is 3. The van der Waals surface area contributed by atoms with Gasteiger partial charge in [-0.1, -0.05) is 0 Å². The van der Waals surface area contributed by atoms with Crippen molar-refractivity contribution in [3.05, 3.63) is 86.3 Å². The number of aromatic nitrogens is 6. The molecule has 6 fully saturated rings. The van der Waals surface area contributed by atoms with E-state index in [1.807, 2.05) is 0 Å². The van der Waals surface area contributed by atoms with Crippen LogP contribution >= 0.6 is 34.0 Å². The third kappa shape index (κ3) is 11.9. The van der Waals surface area contributed by atoms with Crippen LogP contribution in [0, 0.1) is 17.8 Å². The summed E-state index contributed by atoms with van der Waals surface area (Å²) < 4.78 is 143. The van der Waals surface area contributed by atoms with Crippen LogP contribution in [0.25, 0.3) is 31.7 Å². The molecule has 76 heavy (non-hydrogen) atoms. The van der Waals surface area contributed by atoms with Gasteiger partial charge in [-0.15, -0.1) is 34.0 Å². The fourth-order valence-electron chi connectivity index (χ4n) is 11.0. The number of amides is 3. The number of sulfonamides is 1. The number of hydrazine groups is 1. The number of carbonyl (C=O) groups excluding carboxylic acids is 3. The number of nitrogens with one attached hydrogen (secondary N) is 2. The molecule has 2 saturated heterocycles. The molecule has 4 saturated carbocycles. The van der Waals surface area contributed by atoms with Gasteiger partial charge in [-0.2, -0.15) is 54.8 Å². The van der Waals surface area contributed by atoms with Gasteiger partial charge in [0.1, 0.15) is 34.2 Å². The number of hydrogen-bond acceptors (Lipinski definition) is 12. The zero-order valence-corrected chi connectivity index (χ0v) is 44.2. The first-order valence-corrected chi connectivity index (χ1v) is 28.3. The molecule has 28 heteroatoms. The van der Waals surface area contributed by atoms with Crippen LogP contribution in [-0.4, -0.2) is 95.7 Å². The number of rotatable bonds is 7.